The van der Waals surface area contributed by atoms with Crippen LogP contribution in [0, 0.1) is 0 Å². The number of nitrogens with two attached hydrogens (primary N) is 1. The zero-order valence-electron chi connectivity index (χ0n) is 10.6. The molecule has 6 heteroatoms. The molecule has 0 saturated heterocycles. The lowest BCUT2D eigenvalue weighted by Crippen LogP contribution is -2.07. The molecule has 1 aromatic heterocycles. The molecule has 0 aliphatic heterocycles. The Hall–Kier alpha value is -1.82. The van der Waals surface area contributed by atoms with Crippen LogP contribution < -0.4 is 15.8 Å². The van der Waals surface area contributed by atoms with Crippen LogP contribution in [0.1, 0.15) is 13.3 Å². The minimum Gasteiger partial charge on any atom is -0.437 e. The Balaban J connectivity index is 2.18. The van der Waals surface area contributed by atoms with Gasteiger partial charge in [0.05, 0.1) is 0 Å². The van der Waals surface area contributed by atoms with Crippen LogP contribution in [0.15, 0.2) is 35.1 Å². The summed E-state index contributed by atoms with van der Waals surface area (Å²) in [6.07, 6.45) is 2.43. The molecule has 100 valence electrons. The number of aromatic nitrogens is 2. The van der Waals surface area contributed by atoms with Gasteiger partial charge >= 0.3 is 0 Å². The molecule has 2 rings (SSSR count). The summed E-state index contributed by atoms with van der Waals surface area (Å²) < 4.78 is 6.63. The maximum absolute atomic E-state index is 5.98. The Labute approximate surface area is 120 Å². The molecule has 0 radical (unpaired) electrons. The van der Waals surface area contributed by atoms with Crippen molar-refractivity contribution in [1.82, 2.24) is 9.97 Å². The quantitative estimate of drug-likeness (QED) is 0.882. The van der Waals surface area contributed by atoms with Crippen LogP contribution >= 0.6 is 15.9 Å². The molecular weight excluding hydrogens is 308 g/mol. The highest BCUT2D eigenvalue weighted by atomic mass is 79.9. The van der Waals surface area contributed by atoms with E-state index >= 15 is 0 Å². The molecule has 0 fully saturated rings. The van der Waals surface area contributed by atoms with Gasteiger partial charge in [0, 0.05) is 11.0 Å². The number of benzene rings is 1. The van der Waals surface area contributed by atoms with Crippen molar-refractivity contribution in [2.24, 2.45) is 0 Å². The van der Waals surface area contributed by atoms with Gasteiger partial charge in [-0.3, -0.25) is 0 Å². The van der Waals surface area contributed by atoms with Gasteiger partial charge in [-0.15, -0.1) is 0 Å². The zero-order chi connectivity index (χ0) is 13.7. The lowest BCUT2D eigenvalue weighted by Gasteiger charge is -2.11. The molecule has 0 saturated carbocycles. The fraction of sp³-hybridized carbons (Fsp3) is 0.231. The van der Waals surface area contributed by atoms with Gasteiger partial charge < -0.3 is 15.8 Å². The standard InChI is InChI=1S/C13H15BrN4O/c1-2-7-16-12-11(15)13(18-8-17-12)19-10-5-3-9(14)4-6-10/h3-6,8H,2,7,15H2,1H3,(H,16,17,18). The van der Waals surface area contributed by atoms with Crippen LogP contribution in [0.2, 0.25) is 0 Å². The van der Waals surface area contributed by atoms with Crippen LogP contribution in [-0.2, 0) is 0 Å². The molecular formula is C13H15BrN4O. The smallest absolute Gasteiger partial charge is 0.248 e. The normalized spacial score (nSPS) is 10.2. The van der Waals surface area contributed by atoms with Gasteiger partial charge in [0.1, 0.15) is 17.8 Å². The molecule has 5 nitrogen and oxygen atoms in total. The summed E-state index contributed by atoms with van der Waals surface area (Å²) >= 11 is 3.37. The van der Waals surface area contributed by atoms with Crippen molar-refractivity contribution in [2.75, 3.05) is 17.6 Å². The summed E-state index contributed by atoms with van der Waals surface area (Å²) in [6.45, 7) is 2.88. The molecule has 0 aliphatic rings. The molecule has 19 heavy (non-hydrogen) atoms. The lowest BCUT2D eigenvalue weighted by molar-refractivity contribution is 0.464. The SMILES string of the molecule is CCCNc1ncnc(Oc2ccc(Br)cc2)c1N. The summed E-state index contributed by atoms with van der Waals surface area (Å²) in [7, 11) is 0. The number of anilines is 2. The summed E-state index contributed by atoms with van der Waals surface area (Å²) in [5.74, 6) is 1.63. The second-order valence-corrected chi connectivity index (χ2v) is 4.84. The Morgan fingerprint density at radius 2 is 2.00 bits per heavy atom. The van der Waals surface area contributed by atoms with E-state index in [-0.39, 0.29) is 0 Å². The number of hydrogen-bond donors (Lipinski definition) is 2. The molecule has 3 N–H and O–H groups in total. The van der Waals surface area contributed by atoms with Crippen LogP contribution in [0.4, 0.5) is 11.5 Å². The van der Waals surface area contributed by atoms with Crippen molar-refractivity contribution in [3.63, 3.8) is 0 Å². The fourth-order valence-electron chi connectivity index (χ4n) is 1.46. The van der Waals surface area contributed by atoms with Gasteiger partial charge in [-0.25, -0.2) is 4.98 Å². The number of hydrogen-bond acceptors (Lipinski definition) is 5. The Morgan fingerprint density at radius 1 is 1.26 bits per heavy atom. The van der Waals surface area contributed by atoms with Gasteiger partial charge in [-0.1, -0.05) is 22.9 Å². The first-order chi connectivity index (χ1) is 9.20. The van der Waals surface area contributed by atoms with Crippen LogP contribution in [-0.4, -0.2) is 16.5 Å². The van der Waals surface area contributed by atoms with Crippen molar-refractivity contribution in [2.45, 2.75) is 13.3 Å². The summed E-state index contributed by atoms with van der Waals surface area (Å²) in [5, 5.41) is 3.13. The first kappa shape index (κ1) is 13.6. The maximum atomic E-state index is 5.98. The third-order valence-electron chi connectivity index (χ3n) is 2.42. The van der Waals surface area contributed by atoms with Gasteiger partial charge in [-0.2, -0.15) is 4.98 Å². The predicted octanol–water partition coefficient (Wildman–Crippen LogP) is 3.44. The minimum atomic E-state index is 0.357. The highest BCUT2D eigenvalue weighted by Gasteiger charge is 2.09. The highest BCUT2D eigenvalue weighted by Crippen LogP contribution is 2.29. The molecule has 0 unspecified atom stereocenters. The predicted molar refractivity (Wildman–Crippen MR) is 79.4 cm³/mol. The number of ether oxygens (including phenoxy) is 1. The van der Waals surface area contributed by atoms with Gasteiger partial charge in [0.25, 0.3) is 0 Å². The highest BCUT2D eigenvalue weighted by molar-refractivity contribution is 9.10. The molecule has 0 bridgehead atoms. The van der Waals surface area contributed by atoms with E-state index in [9.17, 15) is 0 Å². The van der Waals surface area contributed by atoms with Crippen LogP contribution in [0.5, 0.6) is 11.6 Å². The number of nitrogen functional groups attached to an aromatic ring is 1. The van der Waals surface area contributed by atoms with E-state index in [0.717, 1.165) is 17.4 Å². The van der Waals surface area contributed by atoms with Crippen molar-refractivity contribution >= 4 is 27.4 Å². The Kier molecular flexibility index (Phi) is 4.57. The van der Waals surface area contributed by atoms with Crippen LogP contribution in [0.25, 0.3) is 0 Å². The summed E-state index contributed by atoms with van der Waals surface area (Å²) in [6, 6.07) is 7.46. The van der Waals surface area contributed by atoms with Crippen molar-refractivity contribution in [1.29, 1.82) is 0 Å². The van der Waals surface area contributed by atoms with Crippen molar-refractivity contribution in [3.8, 4) is 11.6 Å². The third-order valence-corrected chi connectivity index (χ3v) is 2.95. The number of nitrogens with one attached hydrogen (secondary N) is 1. The summed E-state index contributed by atoms with van der Waals surface area (Å²) in [4.78, 5) is 8.15. The lowest BCUT2D eigenvalue weighted by atomic mass is 10.3. The molecule has 0 atom stereocenters. The monoisotopic (exact) mass is 322 g/mol. The van der Waals surface area contributed by atoms with E-state index in [1.807, 2.05) is 24.3 Å². The zero-order valence-corrected chi connectivity index (χ0v) is 12.1. The number of rotatable bonds is 5. The van der Waals surface area contributed by atoms with E-state index in [0.29, 0.717) is 23.1 Å². The van der Waals surface area contributed by atoms with E-state index in [2.05, 4.69) is 38.1 Å². The molecule has 0 amide bonds. The first-order valence-corrected chi connectivity index (χ1v) is 6.77. The fourth-order valence-corrected chi connectivity index (χ4v) is 1.72. The Morgan fingerprint density at radius 3 is 2.68 bits per heavy atom. The minimum absolute atomic E-state index is 0.357. The largest absolute Gasteiger partial charge is 0.437 e. The van der Waals surface area contributed by atoms with Crippen molar-refractivity contribution in [3.05, 3.63) is 35.1 Å². The number of halogens is 1. The second kappa shape index (κ2) is 6.38. The maximum Gasteiger partial charge on any atom is 0.248 e. The van der Waals surface area contributed by atoms with Gasteiger partial charge in [0.2, 0.25) is 5.88 Å². The van der Waals surface area contributed by atoms with Crippen molar-refractivity contribution < 1.29 is 4.74 Å². The van der Waals surface area contributed by atoms with E-state index < -0.39 is 0 Å². The first-order valence-electron chi connectivity index (χ1n) is 5.98. The average molecular weight is 323 g/mol. The molecule has 1 aromatic carbocycles. The number of nitrogens with zero attached hydrogens (tertiary/aromatic N) is 2. The molecule has 1 heterocycles. The second-order valence-electron chi connectivity index (χ2n) is 3.92. The summed E-state index contributed by atoms with van der Waals surface area (Å²) in [5.41, 5.74) is 6.40. The topological polar surface area (TPSA) is 73.1 Å². The molecule has 0 aliphatic carbocycles. The van der Waals surface area contributed by atoms with Gasteiger partial charge in [-0.05, 0) is 30.7 Å². The molecule has 0 spiro atoms. The third kappa shape index (κ3) is 3.57. The van der Waals surface area contributed by atoms with E-state index in [4.69, 9.17) is 10.5 Å². The van der Waals surface area contributed by atoms with Crippen LogP contribution in [0.3, 0.4) is 0 Å². The Bertz CT molecular complexity index is 545. The van der Waals surface area contributed by atoms with E-state index in [1.165, 1.54) is 6.33 Å². The van der Waals surface area contributed by atoms with E-state index in [1.54, 1.807) is 0 Å². The van der Waals surface area contributed by atoms with Gasteiger partial charge in [0.15, 0.2) is 5.82 Å². The average Bonchev–Trinajstić information content (AvgIpc) is 2.42. The molecule has 2 aromatic rings.